The van der Waals surface area contributed by atoms with E-state index in [9.17, 15) is 4.79 Å². The number of halogens is 1. The van der Waals surface area contributed by atoms with Crippen molar-refractivity contribution in [1.29, 1.82) is 0 Å². The third kappa shape index (κ3) is 5.34. The number of rotatable bonds is 8. The molecule has 0 fully saturated rings. The highest BCUT2D eigenvalue weighted by Gasteiger charge is 2.14. The van der Waals surface area contributed by atoms with E-state index in [1.54, 1.807) is 4.68 Å². The molecule has 3 rings (SSSR count). The summed E-state index contributed by atoms with van der Waals surface area (Å²) >= 11 is 11.7. The minimum atomic E-state index is -0.0580. The topological polar surface area (TPSA) is 51.9 Å². The molecule has 29 heavy (non-hydrogen) atoms. The van der Waals surface area contributed by atoms with Gasteiger partial charge in [0.15, 0.2) is 10.6 Å². The van der Waals surface area contributed by atoms with E-state index >= 15 is 0 Å². The first-order chi connectivity index (χ1) is 14.0. The van der Waals surface area contributed by atoms with Gasteiger partial charge in [-0.1, -0.05) is 43.1 Å². The summed E-state index contributed by atoms with van der Waals surface area (Å²) in [5.74, 6) is 0.747. The molecule has 2 aromatic carbocycles. The van der Waals surface area contributed by atoms with Crippen molar-refractivity contribution in [2.75, 3.05) is 5.32 Å². The molecular formula is C22H25ClN4OS. The molecule has 152 valence electrons. The van der Waals surface area contributed by atoms with Crippen molar-refractivity contribution in [3.05, 3.63) is 63.9 Å². The van der Waals surface area contributed by atoms with Crippen LogP contribution in [0.4, 0.5) is 5.69 Å². The number of nitrogens with zero attached hydrogens (tertiary/aromatic N) is 3. The summed E-state index contributed by atoms with van der Waals surface area (Å²) in [7, 11) is 0. The van der Waals surface area contributed by atoms with Gasteiger partial charge in [0.1, 0.15) is 0 Å². The number of aryl methyl sites for hydroxylation is 2. The van der Waals surface area contributed by atoms with Crippen LogP contribution in [0.3, 0.4) is 0 Å². The fourth-order valence-electron chi connectivity index (χ4n) is 3.05. The number of hydrogen-bond acceptors (Lipinski definition) is 3. The molecule has 0 atom stereocenters. The molecule has 0 radical (unpaired) electrons. The molecule has 3 aromatic rings. The molecule has 0 spiro atoms. The number of carbonyl (C=O) groups excluding carboxylic acids is 1. The van der Waals surface area contributed by atoms with E-state index in [-0.39, 0.29) is 5.91 Å². The van der Waals surface area contributed by atoms with E-state index < -0.39 is 0 Å². The maximum atomic E-state index is 12.4. The molecule has 0 aliphatic heterocycles. The number of unbranched alkanes of at least 4 members (excludes halogenated alkanes) is 1. The van der Waals surface area contributed by atoms with Crippen LogP contribution in [-0.4, -0.2) is 20.3 Å². The van der Waals surface area contributed by atoms with Crippen LogP contribution in [-0.2, 0) is 17.9 Å². The number of para-hydroxylation sites is 1. The van der Waals surface area contributed by atoms with Crippen LogP contribution in [0.1, 0.15) is 31.7 Å². The van der Waals surface area contributed by atoms with Crippen molar-refractivity contribution < 1.29 is 4.79 Å². The Morgan fingerprint density at radius 2 is 1.86 bits per heavy atom. The second-order valence-corrected chi connectivity index (χ2v) is 7.76. The predicted octanol–water partition coefficient (Wildman–Crippen LogP) is 5.87. The monoisotopic (exact) mass is 428 g/mol. The predicted molar refractivity (Wildman–Crippen MR) is 121 cm³/mol. The minimum absolute atomic E-state index is 0.0580. The van der Waals surface area contributed by atoms with Gasteiger partial charge in [0, 0.05) is 29.2 Å². The maximum absolute atomic E-state index is 12.4. The summed E-state index contributed by atoms with van der Waals surface area (Å²) in [5, 5.41) is 8.35. The zero-order valence-corrected chi connectivity index (χ0v) is 18.3. The molecule has 7 heteroatoms. The Morgan fingerprint density at radius 3 is 2.55 bits per heavy atom. The Morgan fingerprint density at radius 1 is 1.14 bits per heavy atom. The maximum Gasteiger partial charge on any atom is 0.226 e. The third-order valence-electron chi connectivity index (χ3n) is 4.73. The summed E-state index contributed by atoms with van der Waals surface area (Å²) < 4.78 is 4.42. The second-order valence-electron chi connectivity index (χ2n) is 6.95. The van der Waals surface area contributed by atoms with Crippen molar-refractivity contribution in [2.24, 2.45) is 0 Å². The van der Waals surface area contributed by atoms with E-state index in [4.69, 9.17) is 28.9 Å². The summed E-state index contributed by atoms with van der Waals surface area (Å²) in [4.78, 5) is 12.4. The Bertz CT molecular complexity index is 1040. The van der Waals surface area contributed by atoms with Gasteiger partial charge in [-0.3, -0.25) is 9.36 Å². The van der Waals surface area contributed by atoms with Gasteiger partial charge < -0.3 is 5.32 Å². The minimum Gasteiger partial charge on any atom is -0.326 e. The van der Waals surface area contributed by atoms with Crippen LogP contribution in [0.15, 0.2) is 48.5 Å². The summed E-state index contributed by atoms with van der Waals surface area (Å²) in [6.45, 7) is 5.34. The molecule has 0 saturated carbocycles. The van der Waals surface area contributed by atoms with Crippen LogP contribution < -0.4 is 5.32 Å². The van der Waals surface area contributed by atoms with Gasteiger partial charge in [0.05, 0.1) is 6.54 Å². The van der Waals surface area contributed by atoms with Gasteiger partial charge in [-0.15, -0.1) is 0 Å². The van der Waals surface area contributed by atoms with Crippen molar-refractivity contribution in [3.63, 3.8) is 0 Å². The quantitative estimate of drug-likeness (QED) is 0.456. The number of hydrogen-bond donors (Lipinski definition) is 1. The fourth-order valence-corrected chi connectivity index (χ4v) is 3.49. The lowest BCUT2D eigenvalue weighted by Gasteiger charge is -2.08. The van der Waals surface area contributed by atoms with Crippen LogP contribution in [0.2, 0.25) is 5.02 Å². The van der Waals surface area contributed by atoms with Gasteiger partial charge in [-0.25, -0.2) is 4.68 Å². The normalized spacial score (nSPS) is 10.9. The van der Waals surface area contributed by atoms with E-state index in [0.717, 1.165) is 42.0 Å². The standard InChI is InChI=1S/C22H25ClN4OS/c1-3-4-14-26-21(17-9-11-18(23)12-10-17)25-27(22(26)29)15-13-20(28)24-19-8-6-5-7-16(19)2/h5-12H,3-4,13-15H2,1-2H3,(H,24,28). The third-order valence-corrected chi connectivity index (χ3v) is 5.41. The first kappa shape index (κ1) is 21.3. The fraction of sp³-hybridized carbons (Fsp3) is 0.318. The van der Waals surface area contributed by atoms with Crippen LogP contribution >= 0.6 is 23.8 Å². The van der Waals surface area contributed by atoms with Crippen LogP contribution in [0.25, 0.3) is 11.4 Å². The summed E-state index contributed by atoms with van der Waals surface area (Å²) in [6.07, 6.45) is 2.37. The highest BCUT2D eigenvalue weighted by atomic mass is 35.5. The van der Waals surface area contributed by atoms with Crippen molar-refractivity contribution in [3.8, 4) is 11.4 Å². The van der Waals surface area contributed by atoms with Crippen LogP contribution in [0.5, 0.6) is 0 Å². The van der Waals surface area contributed by atoms with E-state index in [1.165, 1.54) is 0 Å². The highest BCUT2D eigenvalue weighted by Crippen LogP contribution is 2.22. The Balaban J connectivity index is 1.78. The summed E-state index contributed by atoms with van der Waals surface area (Å²) in [6, 6.07) is 15.3. The smallest absolute Gasteiger partial charge is 0.226 e. The van der Waals surface area contributed by atoms with E-state index in [0.29, 0.717) is 22.8 Å². The number of benzene rings is 2. The largest absolute Gasteiger partial charge is 0.326 e. The Labute approximate surface area is 181 Å². The Kier molecular flexibility index (Phi) is 7.23. The molecule has 0 aliphatic carbocycles. The van der Waals surface area contributed by atoms with E-state index in [1.807, 2.05) is 60.0 Å². The second kappa shape index (κ2) is 9.85. The first-order valence-electron chi connectivity index (χ1n) is 9.78. The molecule has 0 saturated heterocycles. The highest BCUT2D eigenvalue weighted by molar-refractivity contribution is 7.71. The number of carbonyl (C=O) groups is 1. The van der Waals surface area contributed by atoms with Crippen LogP contribution in [0, 0.1) is 11.7 Å². The van der Waals surface area contributed by atoms with Crippen molar-refractivity contribution >= 4 is 35.4 Å². The van der Waals surface area contributed by atoms with Crippen molar-refractivity contribution in [1.82, 2.24) is 14.3 Å². The number of anilines is 1. The molecule has 1 heterocycles. The van der Waals surface area contributed by atoms with Gasteiger partial charge in [0.25, 0.3) is 0 Å². The zero-order valence-electron chi connectivity index (χ0n) is 16.7. The number of nitrogens with one attached hydrogen (secondary N) is 1. The summed E-state index contributed by atoms with van der Waals surface area (Å²) in [5.41, 5.74) is 2.82. The lowest BCUT2D eigenvalue weighted by atomic mass is 10.2. The van der Waals surface area contributed by atoms with Crippen molar-refractivity contribution in [2.45, 2.75) is 46.2 Å². The van der Waals surface area contributed by atoms with Gasteiger partial charge in [-0.2, -0.15) is 5.10 Å². The molecule has 0 bridgehead atoms. The van der Waals surface area contributed by atoms with Gasteiger partial charge in [-0.05, 0) is 61.5 Å². The molecule has 5 nitrogen and oxygen atoms in total. The lowest BCUT2D eigenvalue weighted by Crippen LogP contribution is -2.16. The average molecular weight is 429 g/mol. The molecule has 1 amide bonds. The van der Waals surface area contributed by atoms with Gasteiger partial charge in [0.2, 0.25) is 5.91 Å². The molecule has 0 aliphatic rings. The number of aromatic nitrogens is 3. The average Bonchev–Trinajstić information content (AvgIpc) is 3.02. The zero-order chi connectivity index (χ0) is 20.8. The van der Waals surface area contributed by atoms with E-state index in [2.05, 4.69) is 12.2 Å². The Hall–Kier alpha value is -2.44. The number of amides is 1. The molecular weight excluding hydrogens is 404 g/mol. The van der Waals surface area contributed by atoms with Gasteiger partial charge >= 0.3 is 0 Å². The first-order valence-corrected chi connectivity index (χ1v) is 10.6. The molecule has 1 aromatic heterocycles. The SMILES string of the molecule is CCCCn1c(-c2ccc(Cl)cc2)nn(CCC(=O)Nc2ccccc2C)c1=S. The lowest BCUT2D eigenvalue weighted by molar-refractivity contribution is -0.116. The molecule has 0 unspecified atom stereocenters. The molecule has 1 N–H and O–H groups in total.